The molecular formula is C20H22N2O3. The Labute approximate surface area is 148 Å². The number of likely N-dealkylation sites (N-methyl/N-ethyl adjacent to an activating group) is 1. The van der Waals surface area contributed by atoms with Crippen molar-refractivity contribution in [3.8, 4) is 11.8 Å². The molecule has 0 aliphatic rings. The van der Waals surface area contributed by atoms with Crippen LogP contribution in [0.25, 0.3) is 0 Å². The molecule has 0 spiro atoms. The van der Waals surface area contributed by atoms with Crippen LogP contribution in [0.4, 0.5) is 0 Å². The van der Waals surface area contributed by atoms with Crippen molar-refractivity contribution in [1.29, 1.82) is 5.26 Å². The molecule has 0 radical (unpaired) electrons. The zero-order valence-electron chi connectivity index (χ0n) is 14.3. The van der Waals surface area contributed by atoms with Gasteiger partial charge in [-0.05, 0) is 36.7 Å². The number of benzene rings is 2. The molecule has 0 saturated carbocycles. The SMILES string of the molecule is CN(CC(=O)O)[C@H](CC#N)Cc1ccc(OCc2ccccc2)cc1. The quantitative estimate of drug-likeness (QED) is 0.760. The third-order valence-electron chi connectivity index (χ3n) is 3.98. The summed E-state index contributed by atoms with van der Waals surface area (Å²) < 4.78 is 5.76. The summed E-state index contributed by atoms with van der Waals surface area (Å²) in [5, 5.41) is 17.9. The molecule has 0 fully saturated rings. The monoisotopic (exact) mass is 338 g/mol. The second kappa shape index (κ2) is 9.45. The smallest absolute Gasteiger partial charge is 0.317 e. The molecule has 0 saturated heterocycles. The molecule has 130 valence electrons. The van der Waals surface area contributed by atoms with E-state index in [1.807, 2.05) is 54.6 Å². The first kappa shape index (κ1) is 18.5. The predicted octanol–water partition coefficient (Wildman–Crippen LogP) is 3.11. The van der Waals surface area contributed by atoms with Crippen LogP contribution < -0.4 is 4.74 Å². The number of carbonyl (C=O) groups is 1. The van der Waals surface area contributed by atoms with Crippen LogP contribution in [-0.2, 0) is 17.8 Å². The number of aliphatic carboxylic acids is 1. The van der Waals surface area contributed by atoms with E-state index in [2.05, 4.69) is 6.07 Å². The van der Waals surface area contributed by atoms with Gasteiger partial charge in [-0.25, -0.2) is 0 Å². The van der Waals surface area contributed by atoms with E-state index in [1.54, 1.807) is 11.9 Å². The molecule has 0 amide bonds. The van der Waals surface area contributed by atoms with Crippen LogP contribution in [0.2, 0.25) is 0 Å². The molecule has 2 aromatic rings. The summed E-state index contributed by atoms with van der Waals surface area (Å²) in [5.74, 6) is -0.113. The molecule has 0 bridgehead atoms. The molecule has 2 aromatic carbocycles. The predicted molar refractivity (Wildman–Crippen MR) is 95.2 cm³/mol. The van der Waals surface area contributed by atoms with Gasteiger partial charge in [0.05, 0.1) is 19.0 Å². The molecule has 1 N–H and O–H groups in total. The number of rotatable bonds is 9. The van der Waals surface area contributed by atoms with Gasteiger partial charge in [0.25, 0.3) is 0 Å². The Bertz CT molecular complexity index is 708. The van der Waals surface area contributed by atoms with Crippen molar-refractivity contribution in [1.82, 2.24) is 4.90 Å². The number of hydrogen-bond acceptors (Lipinski definition) is 4. The summed E-state index contributed by atoms with van der Waals surface area (Å²) in [4.78, 5) is 12.6. The van der Waals surface area contributed by atoms with Gasteiger partial charge in [0.2, 0.25) is 0 Å². The van der Waals surface area contributed by atoms with Crippen LogP contribution in [0.5, 0.6) is 5.75 Å². The fourth-order valence-corrected chi connectivity index (χ4v) is 2.57. The van der Waals surface area contributed by atoms with Crippen LogP contribution in [0.15, 0.2) is 54.6 Å². The molecule has 5 nitrogen and oxygen atoms in total. The van der Waals surface area contributed by atoms with Crippen molar-refractivity contribution in [2.75, 3.05) is 13.6 Å². The molecule has 1 atom stereocenters. The van der Waals surface area contributed by atoms with Gasteiger partial charge in [0.1, 0.15) is 12.4 Å². The average Bonchev–Trinajstić information content (AvgIpc) is 2.61. The van der Waals surface area contributed by atoms with Gasteiger partial charge < -0.3 is 9.84 Å². The summed E-state index contributed by atoms with van der Waals surface area (Å²) in [5.41, 5.74) is 2.15. The van der Waals surface area contributed by atoms with Gasteiger partial charge in [-0.1, -0.05) is 42.5 Å². The lowest BCUT2D eigenvalue weighted by atomic mass is 10.0. The lowest BCUT2D eigenvalue weighted by Crippen LogP contribution is -2.37. The normalized spacial score (nSPS) is 11.7. The van der Waals surface area contributed by atoms with Crippen LogP contribution in [0.3, 0.4) is 0 Å². The van der Waals surface area contributed by atoms with E-state index in [0.717, 1.165) is 16.9 Å². The van der Waals surface area contributed by atoms with Crippen molar-refractivity contribution < 1.29 is 14.6 Å². The van der Waals surface area contributed by atoms with Crippen molar-refractivity contribution in [3.63, 3.8) is 0 Å². The Kier molecular flexibility index (Phi) is 7.00. The van der Waals surface area contributed by atoms with E-state index >= 15 is 0 Å². The Morgan fingerprint density at radius 2 is 1.84 bits per heavy atom. The molecule has 0 unspecified atom stereocenters. The molecule has 0 heterocycles. The first-order chi connectivity index (χ1) is 12.1. The zero-order chi connectivity index (χ0) is 18.1. The maximum absolute atomic E-state index is 10.9. The number of ether oxygens (including phenoxy) is 1. The Morgan fingerprint density at radius 3 is 2.44 bits per heavy atom. The minimum atomic E-state index is -0.893. The molecule has 5 heteroatoms. The summed E-state index contributed by atoms with van der Waals surface area (Å²) in [6.45, 7) is 0.434. The second-order valence-electron chi connectivity index (χ2n) is 5.95. The van der Waals surface area contributed by atoms with Crippen molar-refractivity contribution in [3.05, 3.63) is 65.7 Å². The molecule has 0 aromatic heterocycles. The third-order valence-corrected chi connectivity index (χ3v) is 3.98. The van der Waals surface area contributed by atoms with E-state index in [9.17, 15) is 4.79 Å². The molecule has 0 aliphatic heterocycles. The van der Waals surface area contributed by atoms with Gasteiger partial charge in [-0.2, -0.15) is 5.26 Å². The summed E-state index contributed by atoms with van der Waals surface area (Å²) in [7, 11) is 1.73. The highest BCUT2D eigenvalue weighted by molar-refractivity contribution is 5.69. The summed E-state index contributed by atoms with van der Waals surface area (Å²) in [6.07, 6.45) is 0.909. The highest BCUT2D eigenvalue weighted by atomic mass is 16.5. The fraction of sp³-hybridized carbons (Fsp3) is 0.300. The number of carboxylic acids is 1. The van der Waals surface area contributed by atoms with E-state index in [4.69, 9.17) is 15.1 Å². The van der Waals surface area contributed by atoms with Gasteiger partial charge in [0.15, 0.2) is 0 Å². The standard InChI is InChI=1S/C20H22N2O3/c1-22(14-20(23)24)18(11-12-21)13-16-7-9-19(10-8-16)25-15-17-5-3-2-4-6-17/h2-10,18H,11,13-15H2,1H3,(H,23,24)/t18-/m1/s1. The lowest BCUT2D eigenvalue weighted by Gasteiger charge is -2.24. The maximum atomic E-state index is 10.9. The third kappa shape index (κ3) is 6.28. The van der Waals surface area contributed by atoms with Crippen LogP contribution in [0.1, 0.15) is 17.5 Å². The highest BCUT2D eigenvalue weighted by Crippen LogP contribution is 2.17. The summed E-state index contributed by atoms with van der Waals surface area (Å²) >= 11 is 0. The van der Waals surface area contributed by atoms with E-state index in [0.29, 0.717) is 13.0 Å². The summed E-state index contributed by atoms with van der Waals surface area (Å²) in [6, 6.07) is 19.7. The second-order valence-corrected chi connectivity index (χ2v) is 5.95. The Balaban J connectivity index is 1.93. The van der Waals surface area contributed by atoms with Crippen molar-refractivity contribution >= 4 is 5.97 Å². The fourth-order valence-electron chi connectivity index (χ4n) is 2.57. The molecule has 2 rings (SSSR count). The molecular weight excluding hydrogens is 316 g/mol. The first-order valence-electron chi connectivity index (χ1n) is 8.13. The number of nitrogens with zero attached hydrogens (tertiary/aromatic N) is 2. The molecule has 0 aliphatic carbocycles. The topological polar surface area (TPSA) is 73.6 Å². The minimum Gasteiger partial charge on any atom is -0.489 e. The highest BCUT2D eigenvalue weighted by Gasteiger charge is 2.17. The average molecular weight is 338 g/mol. The van der Waals surface area contributed by atoms with Crippen molar-refractivity contribution in [2.24, 2.45) is 0 Å². The maximum Gasteiger partial charge on any atom is 0.317 e. The first-order valence-corrected chi connectivity index (χ1v) is 8.13. The minimum absolute atomic E-state index is 0.0788. The van der Waals surface area contributed by atoms with Crippen LogP contribution in [0, 0.1) is 11.3 Å². The largest absolute Gasteiger partial charge is 0.489 e. The van der Waals surface area contributed by atoms with E-state index in [1.165, 1.54) is 0 Å². The zero-order valence-corrected chi connectivity index (χ0v) is 14.3. The van der Waals surface area contributed by atoms with Gasteiger partial charge in [-0.3, -0.25) is 9.69 Å². The van der Waals surface area contributed by atoms with Gasteiger partial charge in [-0.15, -0.1) is 0 Å². The van der Waals surface area contributed by atoms with E-state index in [-0.39, 0.29) is 19.0 Å². The van der Waals surface area contributed by atoms with Crippen molar-refractivity contribution in [2.45, 2.75) is 25.5 Å². The Morgan fingerprint density at radius 1 is 1.16 bits per heavy atom. The van der Waals surface area contributed by atoms with E-state index < -0.39 is 5.97 Å². The van der Waals surface area contributed by atoms with Crippen LogP contribution in [-0.4, -0.2) is 35.6 Å². The van der Waals surface area contributed by atoms with Gasteiger partial charge >= 0.3 is 5.97 Å². The van der Waals surface area contributed by atoms with Gasteiger partial charge in [0, 0.05) is 6.04 Å². The van der Waals surface area contributed by atoms with Crippen LogP contribution >= 0.6 is 0 Å². The number of nitriles is 1. The lowest BCUT2D eigenvalue weighted by molar-refractivity contribution is -0.138. The Hall–Kier alpha value is -2.84. The number of carboxylic acid groups (broad SMARTS) is 1. The molecule has 25 heavy (non-hydrogen) atoms. The number of hydrogen-bond donors (Lipinski definition) is 1.